The Kier molecular flexibility index (Phi) is 2.95. The minimum absolute atomic E-state index is 0.0168. The number of nitrogens with one attached hydrogen (secondary N) is 1. The van der Waals surface area contributed by atoms with Crippen LogP contribution in [0.2, 0.25) is 0 Å². The molecule has 4 heteroatoms. The van der Waals surface area contributed by atoms with Crippen LogP contribution in [-0.2, 0) is 4.79 Å². The second-order valence-corrected chi connectivity index (χ2v) is 2.39. The van der Waals surface area contributed by atoms with Crippen molar-refractivity contribution in [1.29, 1.82) is 0 Å². The first-order valence-corrected chi connectivity index (χ1v) is 3.79. The lowest BCUT2D eigenvalue weighted by molar-refractivity contribution is -0.118. The third kappa shape index (κ3) is 2.01. The van der Waals surface area contributed by atoms with Crippen molar-refractivity contribution in [2.75, 3.05) is 7.05 Å². The van der Waals surface area contributed by atoms with E-state index in [2.05, 4.69) is 10.1 Å². The fraction of sp³-hybridized carbons (Fsp3) is 0.111. The fourth-order valence-corrected chi connectivity index (χ4v) is 0.949. The number of carbonyl (C=O) groups excluding carboxylic acids is 1. The van der Waals surface area contributed by atoms with Gasteiger partial charge in [0, 0.05) is 7.05 Å². The summed E-state index contributed by atoms with van der Waals surface area (Å²) in [5.41, 5.74) is 9.21. The molecule has 0 aliphatic heterocycles. The lowest BCUT2D eigenvalue weighted by Gasteiger charge is -1.93. The SMILES string of the molecule is CNC(=O)C(=[N+]=[N-])c1ccccc1. The molecule has 0 aromatic heterocycles. The molecule has 0 bridgehead atoms. The molecule has 0 spiro atoms. The van der Waals surface area contributed by atoms with E-state index >= 15 is 0 Å². The maximum Gasteiger partial charge on any atom is 0.386 e. The molecule has 0 aliphatic rings. The van der Waals surface area contributed by atoms with Crippen LogP contribution >= 0.6 is 0 Å². The summed E-state index contributed by atoms with van der Waals surface area (Å²) in [7, 11) is 1.48. The van der Waals surface area contributed by atoms with Crippen LogP contribution in [-0.4, -0.2) is 23.5 Å². The summed E-state index contributed by atoms with van der Waals surface area (Å²) in [6, 6.07) is 8.75. The molecule has 0 saturated heterocycles. The van der Waals surface area contributed by atoms with E-state index < -0.39 is 5.91 Å². The van der Waals surface area contributed by atoms with Crippen LogP contribution in [0.4, 0.5) is 0 Å². The Labute approximate surface area is 75.8 Å². The number of likely N-dealkylation sites (N-methyl/N-ethyl adjacent to an activating group) is 1. The summed E-state index contributed by atoms with van der Waals surface area (Å²) in [5.74, 6) is -0.409. The van der Waals surface area contributed by atoms with Crippen molar-refractivity contribution < 1.29 is 9.58 Å². The Hall–Kier alpha value is -1.93. The number of hydrogen-bond donors (Lipinski definition) is 1. The summed E-state index contributed by atoms with van der Waals surface area (Å²) < 4.78 is 0. The van der Waals surface area contributed by atoms with Crippen molar-refractivity contribution >= 4 is 11.6 Å². The van der Waals surface area contributed by atoms with Crippen LogP contribution in [0.5, 0.6) is 0 Å². The van der Waals surface area contributed by atoms with Gasteiger partial charge in [-0.15, -0.1) is 0 Å². The molecule has 0 heterocycles. The highest BCUT2D eigenvalue weighted by molar-refractivity contribution is 6.42. The van der Waals surface area contributed by atoms with Gasteiger partial charge in [0.05, 0.1) is 5.56 Å². The van der Waals surface area contributed by atoms with E-state index in [1.165, 1.54) is 7.05 Å². The first-order chi connectivity index (χ1) is 6.29. The fourth-order valence-electron chi connectivity index (χ4n) is 0.949. The Morgan fingerprint density at radius 3 is 2.46 bits per heavy atom. The normalized spacial score (nSPS) is 8.69. The molecule has 0 unspecified atom stereocenters. The molecule has 4 nitrogen and oxygen atoms in total. The molecule has 1 N–H and O–H groups in total. The van der Waals surface area contributed by atoms with Crippen LogP contribution in [0.25, 0.3) is 5.53 Å². The van der Waals surface area contributed by atoms with Gasteiger partial charge in [-0.2, -0.15) is 4.79 Å². The van der Waals surface area contributed by atoms with Crippen LogP contribution in [0.1, 0.15) is 5.56 Å². The summed E-state index contributed by atoms with van der Waals surface area (Å²) in [6.07, 6.45) is 0. The monoisotopic (exact) mass is 175 g/mol. The zero-order chi connectivity index (χ0) is 9.68. The number of carbonyl (C=O) groups is 1. The summed E-state index contributed by atoms with van der Waals surface area (Å²) >= 11 is 0. The first-order valence-electron chi connectivity index (χ1n) is 3.79. The molecule has 0 fully saturated rings. The quantitative estimate of drug-likeness (QED) is 0.396. The Morgan fingerprint density at radius 2 is 2.00 bits per heavy atom. The van der Waals surface area contributed by atoms with Crippen molar-refractivity contribution in [3.8, 4) is 0 Å². The molecule has 0 atom stereocenters. The third-order valence-electron chi connectivity index (χ3n) is 1.59. The number of amides is 1. The van der Waals surface area contributed by atoms with Crippen LogP contribution in [0.3, 0.4) is 0 Å². The second kappa shape index (κ2) is 4.18. The number of nitrogens with zero attached hydrogens (tertiary/aromatic N) is 2. The zero-order valence-corrected chi connectivity index (χ0v) is 7.19. The smallest absolute Gasteiger partial charge is 0.361 e. The maximum atomic E-state index is 11.1. The van der Waals surface area contributed by atoms with Gasteiger partial charge >= 0.3 is 11.6 Å². The lowest BCUT2D eigenvalue weighted by Crippen LogP contribution is -2.28. The van der Waals surface area contributed by atoms with Crippen molar-refractivity contribution in [2.45, 2.75) is 0 Å². The van der Waals surface area contributed by atoms with Crippen LogP contribution in [0, 0.1) is 0 Å². The van der Waals surface area contributed by atoms with Crippen LogP contribution < -0.4 is 5.32 Å². The molecule has 0 radical (unpaired) electrons. The van der Waals surface area contributed by atoms with Gasteiger partial charge in [-0.1, -0.05) is 18.2 Å². The van der Waals surface area contributed by atoms with Crippen molar-refractivity contribution in [3.63, 3.8) is 0 Å². The minimum atomic E-state index is -0.409. The topological polar surface area (TPSA) is 65.5 Å². The van der Waals surface area contributed by atoms with E-state index in [-0.39, 0.29) is 5.71 Å². The molecule has 0 saturated carbocycles. The summed E-state index contributed by atoms with van der Waals surface area (Å²) in [5, 5.41) is 2.38. The number of rotatable bonds is 2. The van der Waals surface area contributed by atoms with Gasteiger partial charge in [-0.05, 0) is 12.1 Å². The summed E-state index contributed by atoms with van der Waals surface area (Å²) in [4.78, 5) is 14.1. The van der Waals surface area contributed by atoms with Gasteiger partial charge in [0.2, 0.25) is 0 Å². The molecule has 13 heavy (non-hydrogen) atoms. The van der Waals surface area contributed by atoms with E-state index in [9.17, 15) is 4.79 Å². The van der Waals surface area contributed by atoms with Gasteiger partial charge in [0.15, 0.2) is 0 Å². The van der Waals surface area contributed by atoms with Gasteiger partial charge in [0.25, 0.3) is 0 Å². The van der Waals surface area contributed by atoms with Gasteiger partial charge in [-0.3, -0.25) is 4.79 Å². The second-order valence-electron chi connectivity index (χ2n) is 2.39. The first kappa shape index (κ1) is 9.16. The molecule has 1 amide bonds. The Bertz CT molecular complexity index is 352. The largest absolute Gasteiger partial charge is 0.386 e. The molecular weight excluding hydrogens is 166 g/mol. The lowest BCUT2D eigenvalue weighted by atomic mass is 10.1. The van der Waals surface area contributed by atoms with Crippen molar-refractivity contribution in [1.82, 2.24) is 5.32 Å². The van der Waals surface area contributed by atoms with Crippen molar-refractivity contribution in [3.05, 3.63) is 41.4 Å². The molecule has 66 valence electrons. The predicted octanol–water partition coefficient (Wildman–Crippen LogP) is 0.451. The highest BCUT2D eigenvalue weighted by Crippen LogP contribution is 1.98. The Balaban J connectivity index is 3.07. The number of benzene rings is 1. The Morgan fingerprint density at radius 1 is 1.38 bits per heavy atom. The molecule has 1 aromatic carbocycles. The van der Waals surface area contributed by atoms with Crippen molar-refractivity contribution in [2.24, 2.45) is 0 Å². The zero-order valence-electron chi connectivity index (χ0n) is 7.19. The molecule has 0 aliphatic carbocycles. The average Bonchev–Trinajstić information content (AvgIpc) is 2.20. The predicted molar refractivity (Wildman–Crippen MR) is 48.2 cm³/mol. The third-order valence-corrected chi connectivity index (χ3v) is 1.59. The average molecular weight is 175 g/mol. The highest BCUT2D eigenvalue weighted by Gasteiger charge is 2.19. The summed E-state index contributed by atoms with van der Waals surface area (Å²) in [6.45, 7) is 0. The van der Waals surface area contributed by atoms with E-state index in [1.54, 1.807) is 24.3 Å². The van der Waals surface area contributed by atoms with E-state index in [0.717, 1.165) is 0 Å². The maximum absolute atomic E-state index is 11.1. The van der Waals surface area contributed by atoms with E-state index in [1.807, 2.05) is 6.07 Å². The van der Waals surface area contributed by atoms with Gasteiger partial charge in [-0.25, -0.2) is 0 Å². The van der Waals surface area contributed by atoms with E-state index in [4.69, 9.17) is 5.53 Å². The highest BCUT2D eigenvalue weighted by atomic mass is 16.1. The standard InChI is InChI=1S/C9H9N3O/c1-11-9(13)8(12-10)7-5-3-2-4-6-7/h2-6H,1H3,(H,11,13). The van der Waals surface area contributed by atoms with Crippen LogP contribution in [0.15, 0.2) is 30.3 Å². The molecular formula is C9H9N3O. The van der Waals surface area contributed by atoms with E-state index in [0.29, 0.717) is 5.56 Å². The minimum Gasteiger partial charge on any atom is -0.361 e. The number of hydrogen-bond acceptors (Lipinski definition) is 1. The van der Waals surface area contributed by atoms with Gasteiger partial charge in [0.1, 0.15) is 0 Å². The molecule has 1 aromatic rings. The van der Waals surface area contributed by atoms with Gasteiger partial charge < -0.3 is 10.8 Å². The molecule has 1 rings (SSSR count).